The summed E-state index contributed by atoms with van der Waals surface area (Å²) >= 11 is 0. The molecule has 4 nitrogen and oxygen atoms in total. The highest BCUT2D eigenvalue weighted by Crippen LogP contribution is 2.26. The van der Waals surface area contributed by atoms with Gasteiger partial charge in [-0.15, -0.1) is 12.3 Å². The zero-order chi connectivity index (χ0) is 10.6. The van der Waals surface area contributed by atoms with Crippen LogP contribution < -0.4 is 11.1 Å². The molecule has 0 aromatic carbocycles. The van der Waals surface area contributed by atoms with Gasteiger partial charge in [0.15, 0.2) is 0 Å². The van der Waals surface area contributed by atoms with Gasteiger partial charge in [-0.05, 0) is 6.92 Å². The lowest BCUT2D eigenvalue weighted by Crippen LogP contribution is -2.50. The first-order valence-electron chi connectivity index (χ1n) is 4.66. The van der Waals surface area contributed by atoms with E-state index in [-0.39, 0.29) is 11.9 Å². The molecule has 0 saturated carbocycles. The molecule has 14 heavy (non-hydrogen) atoms. The van der Waals surface area contributed by atoms with Crippen LogP contribution in [0.25, 0.3) is 0 Å². The molecule has 0 aromatic rings. The lowest BCUT2D eigenvalue weighted by Gasteiger charge is -2.25. The molecule has 2 unspecified atom stereocenters. The van der Waals surface area contributed by atoms with Gasteiger partial charge in [-0.1, -0.05) is 0 Å². The Morgan fingerprint density at radius 1 is 1.86 bits per heavy atom. The Bertz CT molecular complexity index is 259. The van der Waals surface area contributed by atoms with Gasteiger partial charge in [0.2, 0.25) is 5.91 Å². The van der Waals surface area contributed by atoms with Crippen LogP contribution in [0.5, 0.6) is 0 Å². The van der Waals surface area contributed by atoms with Crippen LogP contribution in [0.15, 0.2) is 0 Å². The molecule has 1 aliphatic heterocycles. The molecule has 3 N–H and O–H groups in total. The van der Waals surface area contributed by atoms with Gasteiger partial charge in [0.05, 0.1) is 18.6 Å². The highest BCUT2D eigenvalue weighted by atomic mass is 16.5. The van der Waals surface area contributed by atoms with Gasteiger partial charge in [-0.25, -0.2) is 0 Å². The van der Waals surface area contributed by atoms with Crippen LogP contribution >= 0.6 is 0 Å². The zero-order valence-electron chi connectivity index (χ0n) is 8.38. The number of hydrogen-bond acceptors (Lipinski definition) is 3. The number of nitrogens with one attached hydrogen (secondary N) is 1. The predicted octanol–water partition coefficient (Wildman–Crippen LogP) is -0.510. The lowest BCUT2D eigenvalue weighted by molar-refractivity contribution is -0.130. The normalized spacial score (nSPS) is 31.1. The first-order chi connectivity index (χ1) is 6.61. The van der Waals surface area contributed by atoms with Crippen molar-refractivity contribution >= 4 is 5.91 Å². The maximum absolute atomic E-state index is 11.7. The second-order valence-corrected chi connectivity index (χ2v) is 3.75. The summed E-state index contributed by atoms with van der Waals surface area (Å²) in [6.07, 6.45) is 5.62. The molecule has 0 bridgehead atoms. The zero-order valence-corrected chi connectivity index (χ0v) is 8.38. The highest BCUT2D eigenvalue weighted by Gasteiger charge is 2.43. The van der Waals surface area contributed by atoms with Crippen molar-refractivity contribution in [3.05, 3.63) is 0 Å². The molecule has 1 amide bonds. The van der Waals surface area contributed by atoms with Crippen molar-refractivity contribution in [1.82, 2.24) is 5.32 Å². The number of carbonyl (C=O) groups excluding carboxylic acids is 1. The number of ether oxygens (including phenoxy) is 1. The van der Waals surface area contributed by atoms with Crippen molar-refractivity contribution in [3.63, 3.8) is 0 Å². The number of terminal acetylenes is 1. The smallest absolute Gasteiger partial charge is 0.229 e. The summed E-state index contributed by atoms with van der Waals surface area (Å²) in [6, 6.07) is -0.228. The monoisotopic (exact) mass is 196 g/mol. The minimum Gasteiger partial charge on any atom is -0.379 e. The quantitative estimate of drug-likeness (QED) is 0.472. The van der Waals surface area contributed by atoms with Crippen LogP contribution in [-0.2, 0) is 9.53 Å². The van der Waals surface area contributed by atoms with Gasteiger partial charge in [0, 0.05) is 19.0 Å². The molecule has 0 spiro atoms. The van der Waals surface area contributed by atoms with E-state index < -0.39 is 5.41 Å². The van der Waals surface area contributed by atoms with E-state index in [9.17, 15) is 4.79 Å². The van der Waals surface area contributed by atoms with E-state index in [0.717, 1.165) is 0 Å². The molecule has 4 heteroatoms. The Balaban J connectivity index is 2.47. The summed E-state index contributed by atoms with van der Waals surface area (Å²) in [5.74, 6) is 2.39. The second-order valence-electron chi connectivity index (χ2n) is 3.75. The van der Waals surface area contributed by atoms with Crippen molar-refractivity contribution < 1.29 is 9.53 Å². The molecule has 1 rings (SSSR count). The molecule has 1 saturated heterocycles. The molecular formula is C10H16N2O2. The van der Waals surface area contributed by atoms with Crippen molar-refractivity contribution in [3.8, 4) is 12.3 Å². The van der Waals surface area contributed by atoms with Crippen LogP contribution in [0.1, 0.15) is 13.3 Å². The first kappa shape index (κ1) is 11.0. The Morgan fingerprint density at radius 2 is 2.57 bits per heavy atom. The molecule has 0 aromatic heterocycles. The van der Waals surface area contributed by atoms with Crippen LogP contribution in [0.3, 0.4) is 0 Å². The average molecular weight is 196 g/mol. The Labute approximate surface area is 84.2 Å². The van der Waals surface area contributed by atoms with E-state index in [0.29, 0.717) is 26.2 Å². The largest absolute Gasteiger partial charge is 0.379 e. The van der Waals surface area contributed by atoms with E-state index in [1.807, 2.05) is 6.92 Å². The third-order valence-electron chi connectivity index (χ3n) is 2.59. The van der Waals surface area contributed by atoms with Crippen molar-refractivity contribution in [2.75, 3.05) is 19.8 Å². The third-order valence-corrected chi connectivity index (χ3v) is 2.59. The molecular weight excluding hydrogens is 180 g/mol. The fraction of sp³-hybridized carbons (Fsp3) is 0.700. The standard InChI is InChI=1S/C10H16N2O2/c1-3-4-5-12-9(13)10(2)7-14-6-8(10)11/h1,8H,4-7,11H2,2H3,(H,12,13). The Kier molecular flexibility index (Phi) is 3.50. The number of hydrogen-bond donors (Lipinski definition) is 2. The molecule has 1 aliphatic rings. The minimum atomic E-state index is -0.603. The van der Waals surface area contributed by atoms with Gasteiger partial charge in [0.25, 0.3) is 0 Å². The van der Waals surface area contributed by atoms with Crippen LogP contribution in [-0.4, -0.2) is 31.7 Å². The van der Waals surface area contributed by atoms with E-state index in [4.69, 9.17) is 16.9 Å². The Morgan fingerprint density at radius 3 is 3.07 bits per heavy atom. The number of rotatable bonds is 3. The average Bonchev–Trinajstić information content (AvgIpc) is 2.49. The second kappa shape index (κ2) is 4.45. The number of nitrogens with two attached hydrogens (primary N) is 1. The molecule has 78 valence electrons. The summed E-state index contributed by atoms with van der Waals surface area (Å²) in [7, 11) is 0. The molecule has 1 fully saturated rings. The maximum Gasteiger partial charge on any atom is 0.229 e. The fourth-order valence-electron chi connectivity index (χ4n) is 1.37. The SMILES string of the molecule is C#CCCNC(=O)C1(C)COCC1N. The van der Waals surface area contributed by atoms with E-state index in [2.05, 4.69) is 11.2 Å². The van der Waals surface area contributed by atoms with Gasteiger partial charge >= 0.3 is 0 Å². The maximum atomic E-state index is 11.7. The summed E-state index contributed by atoms with van der Waals surface area (Å²) in [5, 5.41) is 2.76. The summed E-state index contributed by atoms with van der Waals surface area (Å²) in [4.78, 5) is 11.7. The van der Waals surface area contributed by atoms with Crippen molar-refractivity contribution in [2.45, 2.75) is 19.4 Å². The predicted molar refractivity (Wildman–Crippen MR) is 53.4 cm³/mol. The minimum absolute atomic E-state index is 0.0715. The first-order valence-corrected chi connectivity index (χ1v) is 4.66. The van der Waals surface area contributed by atoms with Gasteiger partial charge < -0.3 is 15.8 Å². The van der Waals surface area contributed by atoms with Gasteiger partial charge in [-0.3, -0.25) is 4.79 Å². The van der Waals surface area contributed by atoms with Crippen LogP contribution in [0, 0.1) is 17.8 Å². The van der Waals surface area contributed by atoms with Crippen LogP contribution in [0.4, 0.5) is 0 Å². The number of carbonyl (C=O) groups is 1. The molecule has 0 radical (unpaired) electrons. The van der Waals surface area contributed by atoms with Gasteiger partial charge in [0.1, 0.15) is 0 Å². The highest BCUT2D eigenvalue weighted by molar-refractivity contribution is 5.83. The topological polar surface area (TPSA) is 64.3 Å². The summed E-state index contributed by atoms with van der Waals surface area (Å²) in [5.41, 5.74) is 5.19. The summed E-state index contributed by atoms with van der Waals surface area (Å²) in [6.45, 7) is 3.14. The van der Waals surface area contributed by atoms with E-state index >= 15 is 0 Å². The fourth-order valence-corrected chi connectivity index (χ4v) is 1.37. The summed E-state index contributed by atoms with van der Waals surface area (Å²) < 4.78 is 5.17. The van der Waals surface area contributed by atoms with Crippen molar-refractivity contribution in [2.24, 2.45) is 11.1 Å². The van der Waals surface area contributed by atoms with Crippen molar-refractivity contribution in [1.29, 1.82) is 0 Å². The van der Waals surface area contributed by atoms with Gasteiger partial charge in [-0.2, -0.15) is 0 Å². The van der Waals surface area contributed by atoms with E-state index in [1.165, 1.54) is 0 Å². The third kappa shape index (κ3) is 2.06. The number of amides is 1. The van der Waals surface area contributed by atoms with Crippen LogP contribution in [0.2, 0.25) is 0 Å². The molecule has 1 heterocycles. The van der Waals surface area contributed by atoms with E-state index in [1.54, 1.807) is 0 Å². The Hall–Kier alpha value is -1.05. The lowest BCUT2D eigenvalue weighted by atomic mass is 9.85. The molecule has 0 aliphatic carbocycles. The molecule has 2 atom stereocenters.